The molecule has 0 amide bonds. The number of hydrogen-bond donors (Lipinski definition) is 2. The van der Waals surface area contributed by atoms with Gasteiger partial charge in [0.05, 0.1) is 0 Å². The summed E-state index contributed by atoms with van der Waals surface area (Å²) in [6.07, 6.45) is 0. The Morgan fingerprint density at radius 3 is 2.76 bits per heavy atom. The van der Waals surface area contributed by atoms with Crippen LogP contribution in [0.15, 0.2) is 28.9 Å². The van der Waals surface area contributed by atoms with Gasteiger partial charge < -0.3 is 11.1 Å². The van der Waals surface area contributed by atoms with Crippen molar-refractivity contribution in [3.63, 3.8) is 0 Å². The lowest BCUT2D eigenvalue weighted by Gasteiger charge is -2.09. The first-order valence-electron chi connectivity index (χ1n) is 4.88. The number of hydrogen-bond acceptors (Lipinski definition) is 4. The number of nitrogens with zero attached hydrogens (tertiary/aromatic N) is 2. The van der Waals surface area contributed by atoms with Gasteiger partial charge in [0.15, 0.2) is 0 Å². The highest BCUT2D eigenvalue weighted by molar-refractivity contribution is 9.10. The van der Waals surface area contributed by atoms with E-state index in [1.165, 1.54) is 0 Å². The van der Waals surface area contributed by atoms with Gasteiger partial charge in [-0.1, -0.05) is 17.7 Å². The van der Waals surface area contributed by atoms with Crippen molar-refractivity contribution in [1.29, 1.82) is 0 Å². The van der Waals surface area contributed by atoms with E-state index in [2.05, 4.69) is 31.2 Å². The first-order valence-corrected chi connectivity index (χ1v) is 6.05. The van der Waals surface area contributed by atoms with Gasteiger partial charge in [-0.2, -0.15) is 4.98 Å². The molecule has 0 saturated heterocycles. The first kappa shape index (κ1) is 12.1. The normalized spacial score (nSPS) is 10.3. The highest BCUT2D eigenvalue weighted by Crippen LogP contribution is 2.23. The molecule has 0 bridgehead atoms. The lowest BCUT2D eigenvalue weighted by Crippen LogP contribution is -2.01. The summed E-state index contributed by atoms with van der Waals surface area (Å²) in [5, 5.41) is 3.73. The van der Waals surface area contributed by atoms with Crippen molar-refractivity contribution in [3.05, 3.63) is 39.5 Å². The zero-order valence-electron chi connectivity index (χ0n) is 9.04. The van der Waals surface area contributed by atoms with E-state index in [1.54, 1.807) is 6.07 Å². The molecule has 0 fully saturated rings. The van der Waals surface area contributed by atoms with Crippen LogP contribution in [0.5, 0.6) is 0 Å². The van der Waals surface area contributed by atoms with Gasteiger partial charge >= 0.3 is 0 Å². The molecular weight excluding hydrogens is 304 g/mol. The van der Waals surface area contributed by atoms with Crippen molar-refractivity contribution in [2.45, 2.75) is 6.92 Å². The molecule has 1 aromatic heterocycles. The van der Waals surface area contributed by atoms with Crippen molar-refractivity contribution in [1.82, 2.24) is 9.97 Å². The molecule has 2 rings (SSSR count). The molecule has 0 atom stereocenters. The quantitative estimate of drug-likeness (QED) is 0.833. The minimum atomic E-state index is 0.397. The summed E-state index contributed by atoms with van der Waals surface area (Å²) in [5.41, 5.74) is 7.54. The Labute approximate surface area is 112 Å². The molecule has 0 saturated carbocycles. The highest BCUT2D eigenvalue weighted by Gasteiger charge is 2.04. The fraction of sp³-hybridized carbons (Fsp3) is 0.0909. The summed E-state index contributed by atoms with van der Waals surface area (Å²) in [4.78, 5) is 8.25. The Bertz CT molecular complexity index is 539. The zero-order valence-corrected chi connectivity index (χ0v) is 11.4. The van der Waals surface area contributed by atoms with Crippen LogP contribution < -0.4 is 11.1 Å². The van der Waals surface area contributed by atoms with E-state index in [9.17, 15) is 0 Å². The number of rotatable bonds is 2. The number of anilines is 3. The van der Waals surface area contributed by atoms with Crippen LogP contribution in [0.25, 0.3) is 0 Å². The molecule has 88 valence electrons. The predicted octanol–water partition coefficient (Wildman–Crippen LogP) is 3.53. The number of nitrogens with one attached hydrogen (secondary N) is 1. The molecule has 0 aliphatic carbocycles. The summed E-state index contributed by atoms with van der Waals surface area (Å²) in [7, 11) is 0. The third-order valence-electron chi connectivity index (χ3n) is 2.16. The smallest absolute Gasteiger partial charge is 0.230 e. The minimum Gasteiger partial charge on any atom is -0.383 e. The highest BCUT2D eigenvalue weighted by atomic mass is 79.9. The second-order valence-electron chi connectivity index (χ2n) is 3.52. The van der Waals surface area contributed by atoms with Crippen molar-refractivity contribution in [2.75, 3.05) is 11.1 Å². The van der Waals surface area contributed by atoms with Crippen LogP contribution in [0, 0.1) is 6.92 Å². The Hall–Kier alpha value is -1.33. The molecule has 0 aliphatic heterocycles. The molecule has 0 radical (unpaired) electrons. The van der Waals surface area contributed by atoms with Gasteiger partial charge in [-0.15, -0.1) is 0 Å². The van der Waals surface area contributed by atoms with Crippen LogP contribution in [-0.4, -0.2) is 9.97 Å². The number of benzene rings is 1. The Balaban J connectivity index is 2.34. The monoisotopic (exact) mass is 312 g/mol. The fourth-order valence-corrected chi connectivity index (χ4v) is 1.91. The Morgan fingerprint density at radius 1 is 1.29 bits per heavy atom. The largest absolute Gasteiger partial charge is 0.383 e. The van der Waals surface area contributed by atoms with Crippen molar-refractivity contribution in [3.8, 4) is 0 Å². The zero-order chi connectivity index (χ0) is 12.4. The molecule has 3 N–H and O–H groups in total. The van der Waals surface area contributed by atoms with Crippen LogP contribution in [0.1, 0.15) is 5.56 Å². The summed E-state index contributed by atoms with van der Waals surface area (Å²) >= 11 is 9.19. The molecule has 17 heavy (non-hydrogen) atoms. The van der Waals surface area contributed by atoms with E-state index < -0.39 is 0 Å². The van der Waals surface area contributed by atoms with Crippen LogP contribution in [0.2, 0.25) is 5.02 Å². The maximum Gasteiger partial charge on any atom is 0.230 e. The van der Waals surface area contributed by atoms with Gasteiger partial charge in [0.25, 0.3) is 0 Å². The molecule has 0 unspecified atom stereocenters. The molecular formula is C11H10BrClN4. The van der Waals surface area contributed by atoms with Crippen molar-refractivity contribution in [2.24, 2.45) is 0 Å². The number of nitrogens with two attached hydrogens (primary N) is 1. The van der Waals surface area contributed by atoms with E-state index in [-0.39, 0.29) is 0 Å². The van der Waals surface area contributed by atoms with Crippen LogP contribution in [0.4, 0.5) is 17.5 Å². The molecule has 2 aromatic rings. The average molecular weight is 314 g/mol. The van der Waals surface area contributed by atoms with Gasteiger partial charge in [0.2, 0.25) is 5.95 Å². The van der Waals surface area contributed by atoms with Gasteiger partial charge in [0.1, 0.15) is 10.4 Å². The van der Waals surface area contributed by atoms with Crippen LogP contribution >= 0.6 is 27.5 Å². The second-order valence-corrected chi connectivity index (χ2v) is 4.77. The van der Waals surface area contributed by atoms with Crippen LogP contribution in [-0.2, 0) is 0 Å². The Kier molecular flexibility index (Phi) is 3.49. The second kappa shape index (κ2) is 4.89. The van der Waals surface area contributed by atoms with Gasteiger partial charge in [0, 0.05) is 16.8 Å². The third kappa shape index (κ3) is 3.08. The molecule has 6 heteroatoms. The number of aryl methyl sites for hydroxylation is 1. The number of aromatic nitrogens is 2. The lowest BCUT2D eigenvalue weighted by atomic mass is 10.2. The molecule has 0 spiro atoms. The molecule has 0 aliphatic rings. The van der Waals surface area contributed by atoms with E-state index in [0.29, 0.717) is 21.4 Å². The van der Waals surface area contributed by atoms with Crippen molar-refractivity contribution >= 4 is 45.0 Å². The standard InChI is InChI=1S/C11H10BrClN4/c1-6-2-3-7(13)4-8(6)15-11-16-9(12)5-10(14)17-11/h2-5H,1H3,(H3,14,15,16,17). The molecule has 1 heterocycles. The van der Waals surface area contributed by atoms with Gasteiger partial charge in [-0.25, -0.2) is 4.98 Å². The third-order valence-corrected chi connectivity index (χ3v) is 2.80. The van der Waals surface area contributed by atoms with E-state index in [4.69, 9.17) is 17.3 Å². The first-order chi connectivity index (χ1) is 8.04. The number of halogens is 2. The fourth-order valence-electron chi connectivity index (χ4n) is 1.34. The van der Waals surface area contributed by atoms with Gasteiger partial charge in [-0.05, 0) is 40.5 Å². The molecule has 4 nitrogen and oxygen atoms in total. The maximum atomic E-state index is 5.93. The topological polar surface area (TPSA) is 63.8 Å². The van der Waals surface area contributed by atoms with E-state index in [1.807, 2.05) is 25.1 Å². The number of nitrogen functional groups attached to an aromatic ring is 1. The summed E-state index contributed by atoms with van der Waals surface area (Å²) in [6, 6.07) is 7.21. The minimum absolute atomic E-state index is 0.397. The van der Waals surface area contributed by atoms with E-state index in [0.717, 1.165) is 11.3 Å². The SMILES string of the molecule is Cc1ccc(Cl)cc1Nc1nc(N)cc(Br)n1. The maximum absolute atomic E-state index is 5.93. The predicted molar refractivity (Wildman–Crippen MR) is 73.6 cm³/mol. The summed E-state index contributed by atoms with van der Waals surface area (Å²) in [5.74, 6) is 0.830. The van der Waals surface area contributed by atoms with Gasteiger partial charge in [-0.3, -0.25) is 0 Å². The summed E-state index contributed by atoms with van der Waals surface area (Å²) in [6.45, 7) is 1.97. The van der Waals surface area contributed by atoms with Crippen LogP contribution in [0.3, 0.4) is 0 Å². The van der Waals surface area contributed by atoms with E-state index >= 15 is 0 Å². The Morgan fingerprint density at radius 2 is 2.06 bits per heavy atom. The van der Waals surface area contributed by atoms with Crippen molar-refractivity contribution < 1.29 is 0 Å². The lowest BCUT2D eigenvalue weighted by molar-refractivity contribution is 1.14. The molecule has 1 aromatic carbocycles. The average Bonchev–Trinajstić information content (AvgIpc) is 2.22. The summed E-state index contributed by atoms with van der Waals surface area (Å²) < 4.78 is 0.632.